The van der Waals surface area contributed by atoms with E-state index in [2.05, 4.69) is 5.32 Å². The first kappa shape index (κ1) is 22.4. The predicted molar refractivity (Wildman–Crippen MR) is 92.2 cm³/mol. The standard InChI is InChI=1S/C14H13FN2O4.2C2H6/c1-8-2-3-9(15)6-10(8)14(21)17(7-18)11-4-5-12(19)16-13(11)20;2*1-2/h2-3,6-7,11H,4-5H2,1H3,(H,16,19,20);2*1-2H3. The van der Waals surface area contributed by atoms with E-state index in [1.165, 1.54) is 12.1 Å². The van der Waals surface area contributed by atoms with E-state index in [-0.39, 0.29) is 24.8 Å². The number of carbonyl (C=O) groups excluding carboxylic acids is 4. The lowest BCUT2D eigenvalue weighted by Crippen LogP contribution is -2.53. The molecule has 1 aliphatic rings. The van der Waals surface area contributed by atoms with Crippen LogP contribution in [0.2, 0.25) is 0 Å². The van der Waals surface area contributed by atoms with Crippen LogP contribution in [0, 0.1) is 12.7 Å². The fourth-order valence-corrected chi connectivity index (χ4v) is 2.17. The number of imide groups is 2. The number of hydrogen-bond acceptors (Lipinski definition) is 4. The highest BCUT2D eigenvalue weighted by Gasteiger charge is 2.35. The average Bonchev–Trinajstić information content (AvgIpc) is 2.62. The number of benzene rings is 1. The maximum atomic E-state index is 13.3. The third kappa shape index (κ3) is 5.77. The van der Waals surface area contributed by atoms with Crippen LogP contribution in [0.5, 0.6) is 0 Å². The van der Waals surface area contributed by atoms with Crippen molar-refractivity contribution in [2.24, 2.45) is 0 Å². The Kier molecular flexibility index (Phi) is 9.93. The summed E-state index contributed by atoms with van der Waals surface area (Å²) in [7, 11) is 0. The zero-order valence-corrected chi connectivity index (χ0v) is 15.3. The van der Waals surface area contributed by atoms with Crippen LogP contribution >= 0.6 is 0 Å². The first-order valence-corrected chi connectivity index (χ1v) is 8.32. The van der Waals surface area contributed by atoms with Gasteiger partial charge < -0.3 is 0 Å². The largest absolute Gasteiger partial charge is 0.295 e. The summed E-state index contributed by atoms with van der Waals surface area (Å²) in [6.07, 6.45) is 0.326. The number of amides is 4. The number of nitrogens with one attached hydrogen (secondary N) is 1. The van der Waals surface area contributed by atoms with Crippen LogP contribution in [0.1, 0.15) is 56.5 Å². The monoisotopic (exact) mass is 352 g/mol. The van der Waals surface area contributed by atoms with Crippen LogP contribution in [-0.2, 0) is 14.4 Å². The van der Waals surface area contributed by atoms with E-state index >= 15 is 0 Å². The molecule has 4 amide bonds. The van der Waals surface area contributed by atoms with Crippen LogP contribution < -0.4 is 5.32 Å². The molecule has 0 aromatic heterocycles. The smallest absolute Gasteiger partial charge is 0.261 e. The first-order chi connectivity index (χ1) is 11.9. The summed E-state index contributed by atoms with van der Waals surface area (Å²) in [5, 5.41) is 2.07. The Morgan fingerprint density at radius 1 is 1.24 bits per heavy atom. The Morgan fingerprint density at radius 3 is 2.36 bits per heavy atom. The Hall–Kier alpha value is -2.57. The van der Waals surface area contributed by atoms with Crippen molar-refractivity contribution in [1.82, 2.24) is 10.2 Å². The fourth-order valence-electron chi connectivity index (χ4n) is 2.17. The van der Waals surface area contributed by atoms with Crippen molar-refractivity contribution in [2.45, 2.75) is 53.5 Å². The second kappa shape index (κ2) is 11.1. The lowest BCUT2D eigenvalue weighted by molar-refractivity contribution is -0.139. The number of carbonyl (C=O) groups is 4. The molecule has 1 aromatic carbocycles. The molecular weight excluding hydrogens is 327 g/mol. The second-order valence-electron chi connectivity index (χ2n) is 4.74. The molecule has 0 aliphatic carbocycles. The summed E-state index contributed by atoms with van der Waals surface area (Å²) in [4.78, 5) is 47.1. The van der Waals surface area contributed by atoms with Gasteiger partial charge in [0.15, 0.2) is 0 Å². The van der Waals surface area contributed by atoms with E-state index in [1.807, 2.05) is 27.7 Å². The van der Waals surface area contributed by atoms with Crippen molar-refractivity contribution in [3.63, 3.8) is 0 Å². The van der Waals surface area contributed by atoms with Gasteiger partial charge in [-0.05, 0) is 31.0 Å². The highest BCUT2D eigenvalue weighted by Crippen LogP contribution is 2.17. The van der Waals surface area contributed by atoms with Crippen LogP contribution in [0.4, 0.5) is 4.39 Å². The number of hydrogen-bond donors (Lipinski definition) is 1. The fraction of sp³-hybridized carbons (Fsp3) is 0.444. The zero-order chi connectivity index (χ0) is 19.6. The van der Waals surface area contributed by atoms with Gasteiger partial charge in [-0.15, -0.1) is 0 Å². The van der Waals surface area contributed by atoms with Gasteiger partial charge in [0.1, 0.15) is 11.9 Å². The Balaban J connectivity index is 0.00000134. The van der Waals surface area contributed by atoms with Gasteiger partial charge in [-0.3, -0.25) is 29.4 Å². The second-order valence-corrected chi connectivity index (χ2v) is 4.74. The Morgan fingerprint density at radius 2 is 1.84 bits per heavy atom. The molecule has 1 atom stereocenters. The van der Waals surface area contributed by atoms with Crippen LogP contribution in [0.3, 0.4) is 0 Å². The quantitative estimate of drug-likeness (QED) is 0.669. The number of rotatable bonds is 3. The van der Waals surface area contributed by atoms with Crippen LogP contribution in [0.25, 0.3) is 0 Å². The molecule has 2 rings (SSSR count). The van der Waals surface area contributed by atoms with Gasteiger partial charge in [0.05, 0.1) is 0 Å². The molecule has 1 aliphatic heterocycles. The molecule has 7 heteroatoms. The van der Waals surface area contributed by atoms with Gasteiger partial charge in [-0.25, -0.2) is 4.39 Å². The molecular formula is C18H25FN2O4. The SMILES string of the molecule is CC.CC.Cc1ccc(F)cc1C(=O)N(C=O)C1CCC(=O)NC1=O. The van der Waals surface area contributed by atoms with E-state index in [9.17, 15) is 23.6 Å². The molecule has 1 saturated heterocycles. The third-order valence-electron chi connectivity index (χ3n) is 3.32. The minimum atomic E-state index is -1.06. The highest BCUT2D eigenvalue weighted by molar-refractivity contribution is 6.07. The summed E-state index contributed by atoms with van der Waals surface area (Å²) in [6.45, 7) is 9.60. The summed E-state index contributed by atoms with van der Waals surface area (Å²) in [5.74, 6) is -2.54. The molecule has 0 radical (unpaired) electrons. The van der Waals surface area contributed by atoms with Crippen LogP contribution in [-0.4, -0.2) is 35.1 Å². The first-order valence-electron chi connectivity index (χ1n) is 8.32. The molecule has 6 nitrogen and oxygen atoms in total. The van der Waals surface area contributed by atoms with E-state index in [0.29, 0.717) is 10.5 Å². The number of piperidine rings is 1. The van der Waals surface area contributed by atoms with Crippen molar-refractivity contribution in [2.75, 3.05) is 0 Å². The molecule has 25 heavy (non-hydrogen) atoms. The maximum Gasteiger partial charge on any atom is 0.261 e. The summed E-state index contributed by atoms with van der Waals surface area (Å²) in [5.41, 5.74) is 0.493. The van der Waals surface area contributed by atoms with E-state index in [1.54, 1.807) is 6.92 Å². The van der Waals surface area contributed by atoms with Gasteiger partial charge in [-0.2, -0.15) is 0 Å². The zero-order valence-electron chi connectivity index (χ0n) is 15.3. The lowest BCUT2D eigenvalue weighted by Gasteiger charge is -2.28. The molecule has 1 aromatic rings. The Bertz CT molecular complexity index is 632. The van der Waals surface area contributed by atoms with E-state index in [0.717, 1.165) is 6.07 Å². The molecule has 0 spiro atoms. The van der Waals surface area contributed by atoms with Crippen molar-refractivity contribution in [3.8, 4) is 0 Å². The minimum Gasteiger partial charge on any atom is -0.295 e. The summed E-state index contributed by atoms with van der Waals surface area (Å²) < 4.78 is 13.3. The average molecular weight is 352 g/mol. The summed E-state index contributed by atoms with van der Waals surface area (Å²) >= 11 is 0. The molecule has 1 heterocycles. The third-order valence-corrected chi connectivity index (χ3v) is 3.32. The molecule has 1 N–H and O–H groups in total. The molecule has 1 unspecified atom stereocenters. The predicted octanol–water partition coefficient (Wildman–Crippen LogP) is 2.59. The van der Waals surface area contributed by atoms with Gasteiger partial charge in [-0.1, -0.05) is 33.8 Å². The van der Waals surface area contributed by atoms with Crippen molar-refractivity contribution in [3.05, 3.63) is 35.1 Å². The van der Waals surface area contributed by atoms with Gasteiger partial charge in [0, 0.05) is 12.0 Å². The normalized spacial score (nSPS) is 15.7. The van der Waals surface area contributed by atoms with E-state index < -0.39 is 29.6 Å². The molecule has 138 valence electrons. The molecule has 0 bridgehead atoms. The number of halogens is 1. The van der Waals surface area contributed by atoms with Crippen molar-refractivity contribution >= 4 is 24.1 Å². The van der Waals surface area contributed by atoms with Gasteiger partial charge in [0.25, 0.3) is 5.91 Å². The highest BCUT2D eigenvalue weighted by atomic mass is 19.1. The van der Waals surface area contributed by atoms with Gasteiger partial charge >= 0.3 is 0 Å². The maximum absolute atomic E-state index is 13.3. The number of nitrogens with zero attached hydrogens (tertiary/aromatic N) is 1. The van der Waals surface area contributed by atoms with Crippen molar-refractivity contribution < 1.29 is 23.6 Å². The Labute approximate surface area is 147 Å². The topological polar surface area (TPSA) is 83.6 Å². The lowest BCUT2D eigenvalue weighted by atomic mass is 10.0. The van der Waals surface area contributed by atoms with Gasteiger partial charge in [0.2, 0.25) is 18.2 Å². The van der Waals surface area contributed by atoms with Crippen molar-refractivity contribution in [1.29, 1.82) is 0 Å². The molecule has 0 saturated carbocycles. The van der Waals surface area contributed by atoms with E-state index in [4.69, 9.17) is 0 Å². The summed E-state index contributed by atoms with van der Waals surface area (Å²) in [6, 6.07) is 2.56. The number of aryl methyl sites for hydroxylation is 1. The molecule has 1 fully saturated rings. The minimum absolute atomic E-state index is 0.00630. The van der Waals surface area contributed by atoms with Crippen LogP contribution in [0.15, 0.2) is 18.2 Å².